The Morgan fingerprint density at radius 3 is 1.67 bits per heavy atom. The third-order valence-corrected chi connectivity index (χ3v) is 0.675. The number of hydrogen-bond donors (Lipinski definition) is 0. The highest BCUT2D eigenvalue weighted by Gasteiger charge is 2.27. The Morgan fingerprint density at radius 1 is 1.11 bits per heavy atom. The van der Waals surface area contributed by atoms with Crippen molar-refractivity contribution in [2.45, 2.75) is 18.8 Å². The van der Waals surface area contributed by atoms with Crippen LogP contribution in [0.5, 0.6) is 0 Å². The van der Waals surface area contributed by atoms with E-state index in [1.807, 2.05) is 0 Å². The van der Waals surface area contributed by atoms with Gasteiger partial charge < -0.3 is 0 Å². The molecule has 9 heavy (non-hydrogen) atoms. The maximum Gasteiger partial charge on any atom is 0.273 e. The van der Waals surface area contributed by atoms with E-state index in [-0.39, 0.29) is 0 Å². The average Bonchev–Trinajstić information content (AvgIpc) is 1.64. The summed E-state index contributed by atoms with van der Waals surface area (Å²) in [4.78, 5) is 0. The van der Waals surface area contributed by atoms with E-state index in [1.54, 1.807) is 0 Å². The van der Waals surface area contributed by atoms with Gasteiger partial charge in [-0.15, -0.1) is 0 Å². The Morgan fingerprint density at radius 2 is 1.44 bits per heavy atom. The molecular formula is C5H4F2N2. The van der Waals surface area contributed by atoms with E-state index >= 15 is 0 Å². The highest BCUT2D eigenvalue weighted by Crippen LogP contribution is 2.20. The van der Waals surface area contributed by atoms with Crippen molar-refractivity contribution in [3.8, 4) is 12.1 Å². The molecule has 4 heteroatoms. The average molecular weight is 130 g/mol. The summed E-state index contributed by atoms with van der Waals surface area (Å²) in [6.45, 7) is 0. The van der Waals surface area contributed by atoms with Gasteiger partial charge in [0.25, 0.3) is 5.92 Å². The van der Waals surface area contributed by atoms with Crippen molar-refractivity contribution in [1.82, 2.24) is 0 Å². The van der Waals surface area contributed by atoms with Crippen molar-refractivity contribution < 1.29 is 8.78 Å². The molecule has 0 N–H and O–H groups in total. The van der Waals surface area contributed by atoms with Crippen LogP contribution < -0.4 is 0 Å². The van der Waals surface area contributed by atoms with Crippen molar-refractivity contribution >= 4 is 0 Å². The predicted octanol–water partition coefficient (Wildman–Crippen LogP) is 1.45. The summed E-state index contributed by atoms with van der Waals surface area (Å²) in [6.07, 6.45) is -1.75. The van der Waals surface area contributed by atoms with E-state index in [0.29, 0.717) is 0 Å². The highest BCUT2D eigenvalue weighted by atomic mass is 19.3. The first-order valence-electron chi connectivity index (χ1n) is 2.24. The summed E-state index contributed by atoms with van der Waals surface area (Å²) in [5.74, 6) is -3.12. The van der Waals surface area contributed by atoms with E-state index in [0.717, 1.165) is 0 Å². The fraction of sp³-hybridized carbons (Fsp3) is 0.600. The van der Waals surface area contributed by atoms with Gasteiger partial charge in [0.15, 0.2) is 0 Å². The van der Waals surface area contributed by atoms with Crippen LogP contribution in [0.4, 0.5) is 8.78 Å². The molecule has 0 saturated carbocycles. The second-order valence-corrected chi connectivity index (χ2v) is 1.53. The summed E-state index contributed by atoms with van der Waals surface area (Å²) >= 11 is 0. The van der Waals surface area contributed by atoms with E-state index < -0.39 is 18.8 Å². The van der Waals surface area contributed by atoms with Crippen LogP contribution in [0, 0.1) is 22.7 Å². The number of rotatable bonds is 2. The quantitative estimate of drug-likeness (QED) is 0.567. The molecule has 0 aliphatic heterocycles. The molecule has 2 nitrogen and oxygen atoms in total. The van der Waals surface area contributed by atoms with Crippen molar-refractivity contribution in [1.29, 1.82) is 10.5 Å². The van der Waals surface area contributed by atoms with Crippen LogP contribution >= 0.6 is 0 Å². The fourth-order valence-corrected chi connectivity index (χ4v) is 0.294. The number of alkyl halides is 2. The third-order valence-electron chi connectivity index (χ3n) is 0.675. The molecule has 0 spiro atoms. The first-order valence-corrected chi connectivity index (χ1v) is 2.24. The summed E-state index contributed by atoms with van der Waals surface area (Å²) < 4.78 is 24.0. The molecule has 0 fully saturated rings. The van der Waals surface area contributed by atoms with Gasteiger partial charge in [0, 0.05) is 0 Å². The smallest absolute Gasteiger partial charge is 0.205 e. The highest BCUT2D eigenvalue weighted by molar-refractivity contribution is 4.88. The topological polar surface area (TPSA) is 47.6 Å². The lowest BCUT2D eigenvalue weighted by atomic mass is 10.2. The largest absolute Gasteiger partial charge is 0.273 e. The van der Waals surface area contributed by atoms with Gasteiger partial charge >= 0.3 is 0 Å². The van der Waals surface area contributed by atoms with Crippen LogP contribution in [-0.4, -0.2) is 5.92 Å². The predicted molar refractivity (Wildman–Crippen MR) is 25.4 cm³/mol. The molecule has 48 valence electrons. The number of halogens is 2. The molecule has 0 rings (SSSR count). The van der Waals surface area contributed by atoms with E-state index in [9.17, 15) is 8.78 Å². The Hall–Kier alpha value is -1.16. The minimum Gasteiger partial charge on any atom is -0.205 e. The summed E-state index contributed by atoms with van der Waals surface area (Å²) in [5, 5.41) is 15.6. The lowest BCUT2D eigenvalue weighted by molar-refractivity contribution is 0.0114. The van der Waals surface area contributed by atoms with E-state index in [2.05, 4.69) is 0 Å². The minimum absolute atomic E-state index is 0.874. The van der Waals surface area contributed by atoms with Crippen LogP contribution in [-0.2, 0) is 0 Å². The van der Waals surface area contributed by atoms with Gasteiger partial charge in [-0.25, -0.2) is 8.78 Å². The summed E-state index contributed by atoms with van der Waals surface area (Å²) in [5.41, 5.74) is 0. The normalized spacial score (nSPS) is 9.78. The van der Waals surface area contributed by atoms with Crippen molar-refractivity contribution in [2.75, 3.05) is 0 Å². The van der Waals surface area contributed by atoms with Crippen LogP contribution in [0.15, 0.2) is 0 Å². The fourth-order valence-electron chi connectivity index (χ4n) is 0.294. The minimum atomic E-state index is -3.12. The van der Waals surface area contributed by atoms with E-state index in [4.69, 9.17) is 10.5 Å². The molecule has 0 bridgehead atoms. The molecule has 0 atom stereocenters. The molecule has 0 amide bonds. The zero-order valence-corrected chi connectivity index (χ0v) is 4.56. The maximum atomic E-state index is 12.0. The lowest BCUT2D eigenvalue weighted by Crippen LogP contribution is -2.12. The molecule has 0 aromatic carbocycles. The van der Waals surface area contributed by atoms with Gasteiger partial charge in [0.1, 0.15) is 0 Å². The third kappa shape index (κ3) is 3.42. The Kier molecular flexibility index (Phi) is 2.60. The van der Waals surface area contributed by atoms with Crippen molar-refractivity contribution in [3.05, 3.63) is 0 Å². The Labute approximate surface area is 51.3 Å². The van der Waals surface area contributed by atoms with Gasteiger partial charge in [0.05, 0.1) is 25.0 Å². The molecule has 0 aliphatic carbocycles. The van der Waals surface area contributed by atoms with Gasteiger partial charge in [0.2, 0.25) is 0 Å². The molecule has 0 aromatic heterocycles. The van der Waals surface area contributed by atoms with Gasteiger partial charge in [-0.05, 0) is 0 Å². The SMILES string of the molecule is N#CCC(F)(F)CC#N. The zero-order valence-electron chi connectivity index (χ0n) is 4.56. The maximum absolute atomic E-state index is 12.0. The van der Waals surface area contributed by atoms with Gasteiger partial charge in [-0.3, -0.25) is 0 Å². The summed E-state index contributed by atoms with van der Waals surface area (Å²) in [7, 11) is 0. The van der Waals surface area contributed by atoms with E-state index in [1.165, 1.54) is 12.1 Å². The molecule has 0 unspecified atom stereocenters. The second kappa shape index (κ2) is 2.99. The van der Waals surface area contributed by atoms with Crippen LogP contribution in [0.2, 0.25) is 0 Å². The van der Waals surface area contributed by atoms with Crippen LogP contribution in [0.25, 0.3) is 0 Å². The number of nitrogens with zero attached hydrogens (tertiary/aromatic N) is 2. The van der Waals surface area contributed by atoms with Crippen molar-refractivity contribution in [2.24, 2.45) is 0 Å². The van der Waals surface area contributed by atoms with Crippen LogP contribution in [0.3, 0.4) is 0 Å². The summed E-state index contributed by atoms with van der Waals surface area (Å²) in [6, 6.07) is 2.58. The lowest BCUT2D eigenvalue weighted by Gasteiger charge is -2.04. The molecule has 0 radical (unpaired) electrons. The molecule has 0 saturated heterocycles. The molecule has 0 aromatic rings. The van der Waals surface area contributed by atoms with Gasteiger partial charge in [-0.1, -0.05) is 0 Å². The Bertz CT molecular complexity index is 145. The first kappa shape index (κ1) is 7.84. The monoisotopic (exact) mass is 130 g/mol. The number of hydrogen-bond acceptors (Lipinski definition) is 2. The second-order valence-electron chi connectivity index (χ2n) is 1.53. The van der Waals surface area contributed by atoms with Crippen LogP contribution in [0.1, 0.15) is 12.8 Å². The Balaban J connectivity index is 3.77. The van der Waals surface area contributed by atoms with Gasteiger partial charge in [-0.2, -0.15) is 10.5 Å². The molecule has 0 aliphatic rings. The number of nitriles is 2. The first-order chi connectivity index (χ1) is 4.12. The standard InChI is InChI=1S/C5H4F2N2/c6-5(7,1-3-8)2-4-9/h1-2H2. The molecule has 0 heterocycles. The zero-order chi connectivity index (χ0) is 7.33. The molecular weight excluding hydrogens is 126 g/mol. The van der Waals surface area contributed by atoms with Crippen molar-refractivity contribution in [3.63, 3.8) is 0 Å².